The standard InChI is InChI=1S/C48H50NO7/c1-55-48-42(28-35-11-7-10-33-9-5-6-16-40(33)35)36(18-20-44(48)52)26-37(23-32-21-22-49-30-32)45(53)29-46(54)41(34-12-8-13-38(50)27-34)24-31-17-19-43(51)47(25-31)56-39-14-3-2-4-15-39/h5-13,16-22,25,27,30,37,39,41,45,50-53H,2-4,14-15,23-24,26,28-29H2,1H3/q-1/t37-,41+,45+/m0/s1. The molecule has 290 valence electrons. The number of carbonyl (C=O) groups is 1. The number of aliphatic hydroxyl groups excluding tert-OH is 1. The summed E-state index contributed by atoms with van der Waals surface area (Å²) in [5, 5.41) is 46.4. The lowest BCUT2D eigenvalue weighted by molar-refractivity contribution is -0.123. The third-order valence-electron chi connectivity index (χ3n) is 11.3. The molecule has 6 aromatic rings. The quantitative estimate of drug-likeness (QED) is 0.0771. The maximum Gasteiger partial charge on any atom is 0.164 e. The molecule has 0 spiro atoms. The molecule has 4 N–H and O–H groups in total. The molecular weight excluding hydrogens is 703 g/mol. The first-order chi connectivity index (χ1) is 27.2. The van der Waals surface area contributed by atoms with Crippen molar-refractivity contribution in [3.8, 4) is 28.7 Å². The molecule has 8 nitrogen and oxygen atoms in total. The van der Waals surface area contributed by atoms with Gasteiger partial charge in [0, 0.05) is 24.3 Å². The molecule has 5 aromatic carbocycles. The van der Waals surface area contributed by atoms with Gasteiger partial charge in [0.05, 0.1) is 19.3 Å². The summed E-state index contributed by atoms with van der Waals surface area (Å²) in [4.78, 5) is 18.8. The number of rotatable bonds is 16. The summed E-state index contributed by atoms with van der Waals surface area (Å²) in [6.45, 7) is 0. The van der Waals surface area contributed by atoms with E-state index < -0.39 is 17.9 Å². The Hall–Kier alpha value is -5.73. The number of carbonyl (C=O) groups excluding carboxylic acids is 1. The summed E-state index contributed by atoms with van der Waals surface area (Å²) in [5.74, 6) is -0.299. The van der Waals surface area contributed by atoms with Crippen molar-refractivity contribution in [3.63, 3.8) is 0 Å². The lowest BCUT2D eigenvalue weighted by Gasteiger charge is -2.27. The summed E-state index contributed by atoms with van der Waals surface area (Å²) in [5.41, 5.74) is 5.20. The molecule has 56 heavy (non-hydrogen) atoms. The number of hydrogen-bond acceptors (Lipinski definition) is 7. The molecule has 0 aliphatic heterocycles. The summed E-state index contributed by atoms with van der Waals surface area (Å²) in [7, 11) is 1.55. The number of aromatic hydroxyl groups is 3. The van der Waals surface area contributed by atoms with Gasteiger partial charge in [-0.05, 0) is 114 Å². The van der Waals surface area contributed by atoms with Gasteiger partial charge < -0.3 is 34.9 Å². The number of aliphatic hydroxyl groups is 1. The zero-order valence-electron chi connectivity index (χ0n) is 31.8. The summed E-state index contributed by atoms with van der Waals surface area (Å²) in [6, 6.07) is 31.7. The molecule has 0 amide bonds. The fourth-order valence-corrected chi connectivity index (χ4v) is 8.33. The third-order valence-corrected chi connectivity index (χ3v) is 11.3. The molecule has 1 aliphatic carbocycles. The minimum atomic E-state index is -1.03. The van der Waals surface area contributed by atoms with Crippen LogP contribution in [-0.2, 0) is 30.5 Å². The third kappa shape index (κ3) is 9.20. The molecule has 1 aliphatic rings. The van der Waals surface area contributed by atoms with Gasteiger partial charge in [-0.2, -0.15) is 12.4 Å². The Labute approximate surface area is 328 Å². The first kappa shape index (κ1) is 38.5. The van der Waals surface area contributed by atoms with Crippen molar-refractivity contribution in [2.45, 2.75) is 82.3 Å². The maximum absolute atomic E-state index is 14.5. The molecule has 0 radical (unpaired) electrons. The summed E-state index contributed by atoms with van der Waals surface area (Å²) >= 11 is 0. The van der Waals surface area contributed by atoms with Gasteiger partial charge in [-0.1, -0.05) is 84.8 Å². The molecule has 0 saturated heterocycles. The molecule has 1 fully saturated rings. The number of aromatic nitrogens is 1. The average Bonchev–Trinajstić information content (AvgIpc) is 3.72. The van der Waals surface area contributed by atoms with Crippen molar-refractivity contribution < 1.29 is 34.7 Å². The van der Waals surface area contributed by atoms with Crippen LogP contribution in [0, 0.1) is 5.92 Å². The van der Waals surface area contributed by atoms with Crippen LogP contribution >= 0.6 is 0 Å². The van der Waals surface area contributed by atoms with Gasteiger partial charge in [-0.25, -0.2) is 0 Å². The van der Waals surface area contributed by atoms with Crippen LogP contribution in [0.15, 0.2) is 116 Å². The van der Waals surface area contributed by atoms with E-state index >= 15 is 0 Å². The number of benzene rings is 5. The monoisotopic (exact) mass is 752 g/mol. The van der Waals surface area contributed by atoms with E-state index in [2.05, 4.69) is 29.2 Å². The Morgan fingerprint density at radius 2 is 1.57 bits per heavy atom. The number of phenols is 3. The smallest absolute Gasteiger partial charge is 0.164 e. The normalized spacial score (nSPS) is 15.0. The van der Waals surface area contributed by atoms with Crippen LogP contribution in [-0.4, -0.2) is 45.5 Å². The van der Waals surface area contributed by atoms with Crippen molar-refractivity contribution in [1.29, 1.82) is 0 Å². The van der Waals surface area contributed by atoms with Crippen LogP contribution in [0.4, 0.5) is 0 Å². The van der Waals surface area contributed by atoms with Gasteiger partial charge in [0.15, 0.2) is 23.0 Å². The van der Waals surface area contributed by atoms with E-state index in [4.69, 9.17) is 9.47 Å². The Morgan fingerprint density at radius 3 is 2.36 bits per heavy atom. The second kappa shape index (κ2) is 17.8. The van der Waals surface area contributed by atoms with Gasteiger partial charge in [-0.15, -0.1) is 0 Å². The van der Waals surface area contributed by atoms with E-state index in [0.717, 1.165) is 64.3 Å². The van der Waals surface area contributed by atoms with E-state index in [9.17, 15) is 25.2 Å². The highest BCUT2D eigenvalue weighted by Gasteiger charge is 2.30. The van der Waals surface area contributed by atoms with Crippen molar-refractivity contribution in [2.75, 3.05) is 7.11 Å². The van der Waals surface area contributed by atoms with Gasteiger partial charge in [-0.3, -0.25) is 4.79 Å². The van der Waals surface area contributed by atoms with Crippen LogP contribution in [0.25, 0.3) is 10.8 Å². The first-order valence-electron chi connectivity index (χ1n) is 19.6. The van der Waals surface area contributed by atoms with Gasteiger partial charge in [0.2, 0.25) is 0 Å². The predicted molar refractivity (Wildman–Crippen MR) is 218 cm³/mol. The van der Waals surface area contributed by atoms with Crippen molar-refractivity contribution in [3.05, 3.63) is 149 Å². The SMILES string of the molecule is COc1c(O)ccc(C[C@H](Cc2cc[n-]c2)[C@H](O)CC(=O)[C@H](Cc2ccc(O)c(OC3CCCCC3)c2)c2cccc(O)c2)c1Cc1cccc2ccccc12. The Kier molecular flexibility index (Phi) is 12.3. The number of methoxy groups -OCH3 is 1. The number of nitrogens with zero attached hydrogens (tertiary/aromatic N) is 1. The highest BCUT2D eigenvalue weighted by Crippen LogP contribution is 2.38. The van der Waals surface area contributed by atoms with E-state index in [-0.39, 0.29) is 42.0 Å². The molecule has 1 saturated carbocycles. The second-order valence-corrected chi connectivity index (χ2v) is 15.2. The van der Waals surface area contributed by atoms with Gasteiger partial charge in [0.1, 0.15) is 11.5 Å². The summed E-state index contributed by atoms with van der Waals surface area (Å²) < 4.78 is 12.0. The van der Waals surface area contributed by atoms with E-state index in [1.54, 1.807) is 55.9 Å². The van der Waals surface area contributed by atoms with Crippen LogP contribution in [0.5, 0.6) is 28.7 Å². The molecule has 8 heteroatoms. The Morgan fingerprint density at radius 1 is 0.786 bits per heavy atom. The molecular formula is C48H50NO7-. The molecule has 1 aromatic heterocycles. The molecule has 0 bridgehead atoms. The fraction of sp³-hybridized carbons (Fsp3) is 0.312. The Balaban J connectivity index is 1.17. The van der Waals surface area contributed by atoms with Crippen molar-refractivity contribution >= 4 is 16.6 Å². The second-order valence-electron chi connectivity index (χ2n) is 15.2. The van der Waals surface area contributed by atoms with Crippen LogP contribution in [0.1, 0.15) is 77.8 Å². The number of fused-ring (bicyclic) bond motifs is 1. The van der Waals surface area contributed by atoms with Crippen molar-refractivity contribution in [2.24, 2.45) is 5.92 Å². The number of hydrogen-bond donors (Lipinski definition) is 4. The number of ether oxygens (including phenoxy) is 2. The lowest BCUT2D eigenvalue weighted by atomic mass is 9.80. The maximum atomic E-state index is 14.5. The van der Waals surface area contributed by atoms with E-state index in [0.29, 0.717) is 36.3 Å². The summed E-state index contributed by atoms with van der Waals surface area (Å²) in [6.07, 6.45) is 9.30. The first-order valence-corrected chi connectivity index (χ1v) is 19.6. The highest BCUT2D eigenvalue weighted by atomic mass is 16.5. The highest BCUT2D eigenvalue weighted by molar-refractivity contribution is 5.87. The topological polar surface area (TPSA) is 131 Å². The van der Waals surface area contributed by atoms with Crippen LogP contribution < -0.4 is 14.5 Å². The number of ketones is 1. The number of phenolic OH excluding ortho intramolecular Hbond substituents is 3. The molecule has 1 heterocycles. The van der Waals surface area contributed by atoms with Gasteiger partial charge >= 0.3 is 0 Å². The zero-order chi connectivity index (χ0) is 39.0. The Bertz CT molecular complexity index is 2240. The van der Waals surface area contributed by atoms with Crippen molar-refractivity contribution in [1.82, 2.24) is 4.98 Å². The van der Waals surface area contributed by atoms with Crippen LogP contribution in [0.3, 0.4) is 0 Å². The molecule has 3 atom stereocenters. The molecule has 7 rings (SSSR count). The zero-order valence-corrected chi connectivity index (χ0v) is 31.8. The molecule has 0 unspecified atom stereocenters. The predicted octanol–water partition coefficient (Wildman–Crippen LogP) is 8.97. The van der Waals surface area contributed by atoms with Crippen LogP contribution in [0.2, 0.25) is 0 Å². The minimum absolute atomic E-state index is 0.0366. The van der Waals surface area contributed by atoms with E-state index in [1.807, 2.05) is 42.5 Å². The fourth-order valence-electron chi connectivity index (χ4n) is 8.33. The lowest BCUT2D eigenvalue weighted by Crippen LogP contribution is -2.30. The average molecular weight is 753 g/mol. The minimum Gasteiger partial charge on any atom is -0.670 e. The number of Topliss-reactive ketones (excluding diaryl/α,β-unsaturated/α-hetero) is 1. The van der Waals surface area contributed by atoms with Gasteiger partial charge in [0.25, 0.3) is 0 Å². The van der Waals surface area contributed by atoms with E-state index in [1.165, 1.54) is 6.42 Å². The largest absolute Gasteiger partial charge is 0.670 e.